The third-order valence-corrected chi connectivity index (χ3v) is 12.6. The van der Waals surface area contributed by atoms with Crippen LogP contribution in [0.25, 0.3) is 0 Å². The van der Waals surface area contributed by atoms with Crippen LogP contribution in [0.15, 0.2) is 89.5 Å². The van der Waals surface area contributed by atoms with Crippen LogP contribution in [-0.4, -0.2) is 84.9 Å². The molecule has 0 saturated heterocycles. The highest BCUT2D eigenvalue weighted by Crippen LogP contribution is 2.51. The van der Waals surface area contributed by atoms with Gasteiger partial charge in [-0.1, -0.05) is 54.9 Å². The molecule has 2 aromatic carbocycles. The van der Waals surface area contributed by atoms with Crippen molar-refractivity contribution in [2.75, 3.05) is 29.5 Å². The number of aliphatic carboxylic acids is 1. The molecule has 2 aromatic rings. The number of rotatable bonds is 19. The minimum atomic E-state index is -4.54. The van der Waals surface area contributed by atoms with Crippen molar-refractivity contribution in [1.29, 1.82) is 0 Å². The molecule has 16 heteroatoms. The first kappa shape index (κ1) is 43.8. The lowest BCUT2D eigenvalue weighted by Gasteiger charge is -2.30. The van der Waals surface area contributed by atoms with Gasteiger partial charge in [0.05, 0.1) is 21.8 Å². The van der Waals surface area contributed by atoms with E-state index in [1.54, 1.807) is 18.2 Å². The van der Waals surface area contributed by atoms with E-state index in [1.807, 2.05) is 61.3 Å². The Balaban J connectivity index is 1.66. The zero-order valence-electron chi connectivity index (χ0n) is 31.5. The molecular formula is C39H51N2O11S3+. The van der Waals surface area contributed by atoms with Crippen LogP contribution in [0.4, 0.5) is 11.4 Å². The molecule has 0 fully saturated rings. The van der Waals surface area contributed by atoms with Crippen molar-refractivity contribution in [3.63, 3.8) is 0 Å². The van der Waals surface area contributed by atoms with Crippen molar-refractivity contribution in [1.82, 2.24) is 0 Å². The van der Waals surface area contributed by atoms with Gasteiger partial charge in [0.15, 0.2) is 5.71 Å². The van der Waals surface area contributed by atoms with Crippen molar-refractivity contribution in [3.05, 3.63) is 101 Å². The molecule has 0 saturated carbocycles. The monoisotopic (exact) mass is 819 g/mol. The molecule has 55 heavy (non-hydrogen) atoms. The van der Waals surface area contributed by atoms with E-state index in [-0.39, 0.29) is 41.9 Å². The molecule has 2 aliphatic rings. The standard InChI is InChI=1S/C39H50N2O11S3/c1-29-18-20-33-31(27-29)38(2,3)35(40(33)23-13-25-53(44,45)46)15-9-6-5-7-10-16-36-39(4,22-12-8-11-17-37(42)43)32-28-30(55(50,51)52)19-21-34(32)41(36)24-14-26-54(47,48)49/h5-7,9-10,15-16,18-21,27-28H,8,11-14,17,22-26H2,1-4H3,(H3-,42,43,44,45,46,47,48,49,50,51,52)/p+1. The molecular weight excluding hydrogens is 769 g/mol. The molecule has 0 radical (unpaired) electrons. The Hall–Kier alpha value is -3.93. The van der Waals surface area contributed by atoms with E-state index in [1.165, 1.54) is 12.1 Å². The maximum atomic E-state index is 12.2. The molecule has 0 amide bonds. The van der Waals surface area contributed by atoms with E-state index in [4.69, 9.17) is 5.11 Å². The Labute approximate surface area is 324 Å². The summed E-state index contributed by atoms with van der Waals surface area (Å²) in [6.07, 6.45) is 15.5. The van der Waals surface area contributed by atoms with Crippen LogP contribution in [-0.2, 0) is 46.0 Å². The number of fused-ring (bicyclic) bond motifs is 2. The summed E-state index contributed by atoms with van der Waals surface area (Å²) >= 11 is 0. The van der Waals surface area contributed by atoms with Gasteiger partial charge in [-0.2, -0.15) is 29.8 Å². The van der Waals surface area contributed by atoms with Crippen molar-refractivity contribution < 1.29 is 53.4 Å². The number of aryl methyl sites for hydroxylation is 1. The number of carboxylic acid groups (broad SMARTS) is 1. The number of carboxylic acids is 1. The van der Waals surface area contributed by atoms with Crippen molar-refractivity contribution in [2.24, 2.45) is 0 Å². The summed E-state index contributed by atoms with van der Waals surface area (Å²) < 4.78 is 101. The third kappa shape index (κ3) is 11.3. The van der Waals surface area contributed by atoms with Crippen LogP contribution in [0.5, 0.6) is 0 Å². The third-order valence-electron chi connectivity index (χ3n) is 10.1. The first-order valence-corrected chi connectivity index (χ1v) is 22.7. The second-order valence-electron chi connectivity index (χ2n) is 14.7. The lowest BCUT2D eigenvalue weighted by molar-refractivity contribution is -0.437. The molecule has 2 heterocycles. The Morgan fingerprint density at radius 3 is 2.09 bits per heavy atom. The Morgan fingerprint density at radius 2 is 1.44 bits per heavy atom. The SMILES string of the molecule is Cc1ccc2c(c1)C(C)(C)C(/C=C/C=C/C=C/C=C1\N(CCCS(=O)(=O)O)c3ccc(S(=O)(=O)O)cc3C1(C)CCCCCC(=O)O)=[N+]2CCCS(=O)(=O)O. The normalized spacial score (nSPS) is 19.4. The molecule has 13 nitrogen and oxygen atoms in total. The van der Waals surface area contributed by atoms with Gasteiger partial charge in [-0.15, -0.1) is 0 Å². The van der Waals surface area contributed by atoms with Gasteiger partial charge in [0, 0.05) is 53.9 Å². The van der Waals surface area contributed by atoms with Gasteiger partial charge in [-0.3, -0.25) is 18.5 Å². The number of allylic oxidation sites excluding steroid dienone is 8. The number of benzene rings is 2. The summed E-state index contributed by atoms with van der Waals surface area (Å²) in [5.41, 5.74) is 4.95. The molecule has 300 valence electrons. The second-order valence-corrected chi connectivity index (χ2v) is 19.3. The topological polar surface area (TPSA) is 207 Å². The summed E-state index contributed by atoms with van der Waals surface area (Å²) in [6, 6.07) is 10.4. The fourth-order valence-corrected chi connectivity index (χ4v) is 8.95. The maximum absolute atomic E-state index is 12.2. The summed E-state index contributed by atoms with van der Waals surface area (Å²) in [5, 5.41) is 9.09. The minimum absolute atomic E-state index is 0.0175. The Bertz CT molecular complexity index is 2270. The molecule has 0 aromatic heterocycles. The average Bonchev–Trinajstić information content (AvgIpc) is 3.41. The fourth-order valence-electron chi connectivity index (χ4n) is 7.45. The van der Waals surface area contributed by atoms with E-state index in [2.05, 4.69) is 24.5 Å². The Kier molecular flexibility index (Phi) is 13.9. The number of unbranched alkanes of at least 4 members (excludes halogenated alkanes) is 2. The zero-order chi connectivity index (χ0) is 40.8. The number of hydrogen-bond acceptors (Lipinski definition) is 8. The predicted molar refractivity (Wildman–Crippen MR) is 213 cm³/mol. The highest BCUT2D eigenvalue weighted by atomic mass is 32.2. The van der Waals surface area contributed by atoms with Gasteiger partial charge in [-0.05, 0) is 82.9 Å². The van der Waals surface area contributed by atoms with Crippen LogP contribution in [0.2, 0.25) is 0 Å². The molecule has 1 unspecified atom stereocenters. The molecule has 2 aliphatic heterocycles. The number of anilines is 1. The average molecular weight is 820 g/mol. The van der Waals surface area contributed by atoms with Crippen LogP contribution >= 0.6 is 0 Å². The first-order valence-electron chi connectivity index (χ1n) is 18.0. The summed E-state index contributed by atoms with van der Waals surface area (Å²) in [7, 11) is -12.9. The second kappa shape index (κ2) is 17.5. The first-order chi connectivity index (χ1) is 25.5. The molecule has 0 aliphatic carbocycles. The number of carbonyl (C=O) groups is 1. The van der Waals surface area contributed by atoms with Crippen molar-refractivity contribution in [3.8, 4) is 0 Å². The van der Waals surface area contributed by atoms with E-state index >= 15 is 0 Å². The zero-order valence-corrected chi connectivity index (χ0v) is 34.0. The summed E-state index contributed by atoms with van der Waals surface area (Å²) in [6.45, 7) is 8.73. The highest BCUT2D eigenvalue weighted by Gasteiger charge is 2.45. The van der Waals surface area contributed by atoms with Crippen LogP contribution in [0.1, 0.15) is 82.4 Å². The van der Waals surface area contributed by atoms with Crippen LogP contribution in [0, 0.1) is 6.92 Å². The van der Waals surface area contributed by atoms with Gasteiger partial charge in [-0.25, -0.2) is 0 Å². The van der Waals surface area contributed by atoms with Crippen LogP contribution in [0.3, 0.4) is 0 Å². The van der Waals surface area contributed by atoms with E-state index in [9.17, 15) is 43.7 Å². The van der Waals surface area contributed by atoms with Gasteiger partial charge >= 0.3 is 5.97 Å². The maximum Gasteiger partial charge on any atom is 0.303 e. The van der Waals surface area contributed by atoms with E-state index in [0.29, 0.717) is 43.5 Å². The molecule has 0 bridgehead atoms. The smallest absolute Gasteiger partial charge is 0.303 e. The number of hydrogen-bond donors (Lipinski definition) is 4. The number of nitrogens with zero attached hydrogens (tertiary/aromatic N) is 2. The Morgan fingerprint density at radius 1 is 0.782 bits per heavy atom. The van der Waals surface area contributed by atoms with Crippen LogP contribution < -0.4 is 4.90 Å². The van der Waals surface area contributed by atoms with Gasteiger partial charge in [0.25, 0.3) is 30.4 Å². The van der Waals surface area contributed by atoms with Crippen molar-refractivity contribution >= 4 is 53.4 Å². The van der Waals surface area contributed by atoms with Gasteiger partial charge < -0.3 is 10.0 Å². The van der Waals surface area contributed by atoms with Gasteiger partial charge in [0.1, 0.15) is 6.54 Å². The minimum Gasteiger partial charge on any atom is -0.481 e. The van der Waals surface area contributed by atoms with Gasteiger partial charge in [0.2, 0.25) is 5.69 Å². The lowest BCUT2D eigenvalue weighted by Crippen LogP contribution is -2.30. The summed E-state index contributed by atoms with van der Waals surface area (Å²) in [5.74, 6) is -1.73. The van der Waals surface area contributed by atoms with E-state index < -0.39 is 47.5 Å². The largest absolute Gasteiger partial charge is 0.481 e. The molecule has 4 rings (SSSR count). The van der Waals surface area contributed by atoms with Crippen molar-refractivity contribution in [2.45, 2.75) is 88.4 Å². The lowest BCUT2D eigenvalue weighted by atomic mass is 9.77. The fraction of sp³-hybridized carbons (Fsp3) is 0.436. The molecule has 1 atom stereocenters. The molecule has 0 spiro atoms. The predicted octanol–water partition coefficient (Wildman–Crippen LogP) is 6.54. The van der Waals surface area contributed by atoms with E-state index in [0.717, 1.165) is 28.2 Å². The quantitative estimate of drug-likeness (QED) is 0.0516. The molecule has 4 N–H and O–H groups in total. The highest BCUT2D eigenvalue weighted by molar-refractivity contribution is 7.86. The summed E-state index contributed by atoms with van der Waals surface area (Å²) in [4.78, 5) is 12.7.